The molecule has 1 unspecified atom stereocenters. The molecular weight excluding hydrogens is 198 g/mol. The minimum Gasteiger partial charge on any atom is -0.379 e. The first kappa shape index (κ1) is 14.0. The third-order valence-corrected chi connectivity index (χ3v) is 3.86. The van der Waals surface area contributed by atoms with E-state index >= 15 is 0 Å². The van der Waals surface area contributed by atoms with Crippen molar-refractivity contribution in [1.82, 2.24) is 5.32 Å². The largest absolute Gasteiger partial charge is 0.379 e. The highest BCUT2D eigenvalue weighted by Crippen LogP contribution is 2.25. The van der Waals surface area contributed by atoms with E-state index < -0.39 is 0 Å². The normalized spacial score (nSPS) is 19.1. The van der Waals surface area contributed by atoms with Crippen LogP contribution in [0.2, 0.25) is 0 Å². The van der Waals surface area contributed by atoms with Crippen molar-refractivity contribution >= 4 is 0 Å². The summed E-state index contributed by atoms with van der Waals surface area (Å²) in [6.07, 6.45) is 5.18. The molecule has 0 amide bonds. The van der Waals surface area contributed by atoms with Crippen molar-refractivity contribution in [2.24, 2.45) is 11.8 Å². The van der Waals surface area contributed by atoms with Crippen LogP contribution < -0.4 is 5.32 Å². The van der Waals surface area contributed by atoms with Crippen LogP contribution in [-0.4, -0.2) is 25.3 Å². The van der Waals surface area contributed by atoms with Crippen molar-refractivity contribution < 1.29 is 4.74 Å². The predicted molar refractivity (Wildman–Crippen MR) is 69.7 cm³/mol. The second-order valence-electron chi connectivity index (χ2n) is 6.19. The molecule has 1 fully saturated rings. The first-order valence-corrected chi connectivity index (χ1v) is 6.73. The Labute approximate surface area is 101 Å². The first-order valence-electron chi connectivity index (χ1n) is 6.73. The van der Waals surface area contributed by atoms with Gasteiger partial charge in [0, 0.05) is 13.2 Å². The Hall–Kier alpha value is -0.0800. The number of methoxy groups -OCH3 is 1. The lowest BCUT2D eigenvalue weighted by Gasteiger charge is -2.28. The molecule has 1 saturated carbocycles. The molecule has 2 heteroatoms. The molecule has 0 heterocycles. The Bertz CT molecular complexity index is 197. The maximum atomic E-state index is 5.49. The van der Waals surface area contributed by atoms with Gasteiger partial charge in [-0.15, -0.1) is 0 Å². The Morgan fingerprint density at radius 3 is 2.38 bits per heavy atom. The average Bonchev–Trinajstić information content (AvgIpc) is 3.01. The zero-order chi connectivity index (χ0) is 12.2. The molecule has 96 valence electrons. The monoisotopic (exact) mass is 227 g/mol. The number of hydrogen-bond donors (Lipinski definition) is 1. The fourth-order valence-corrected chi connectivity index (χ4v) is 1.91. The summed E-state index contributed by atoms with van der Waals surface area (Å²) < 4.78 is 5.49. The molecule has 1 rings (SSSR count). The average molecular weight is 227 g/mol. The minimum absolute atomic E-state index is 0.0344. The summed E-state index contributed by atoms with van der Waals surface area (Å²) >= 11 is 0. The summed E-state index contributed by atoms with van der Waals surface area (Å²) in [7, 11) is 1.81. The molecule has 0 saturated heterocycles. The van der Waals surface area contributed by atoms with Crippen LogP contribution in [0.3, 0.4) is 0 Å². The van der Waals surface area contributed by atoms with Gasteiger partial charge >= 0.3 is 0 Å². The summed E-state index contributed by atoms with van der Waals surface area (Å²) in [4.78, 5) is 0. The van der Waals surface area contributed by atoms with Crippen LogP contribution in [0.4, 0.5) is 0 Å². The van der Waals surface area contributed by atoms with Gasteiger partial charge in [-0.1, -0.05) is 13.8 Å². The lowest BCUT2D eigenvalue weighted by Crippen LogP contribution is -2.30. The summed E-state index contributed by atoms with van der Waals surface area (Å²) in [5, 5.41) is 3.65. The van der Waals surface area contributed by atoms with Crippen LogP contribution in [-0.2, 0) is 4.74 Å². The van der Waals surface area contributed by atoms with Gasteiger partial charge in [-0.05, 0) is 57.9 Å². The van der Waals surface area contributed by atoms with Crippen LogP contribution in [0.25, 0.3) is 0 Å². The Morgan fingerprint density at radius 1 is 1.31 bits per heavy atom. The van der Waals surface area contributed by atoms with E-state index in [-0.39, 0.29) is 5.60 Å². The molecule has 1 N–H and O–H groups in total. The molecule has 0 aromatic heterocycles. The van der Waals surface area contributed by atoms with E-state index in [1.165, 1.54) is 25.8 Å². The van der Waals surface area contributed by atoms with Gasteiger partial charge in [0.1, 0.15) is 0 Å². The summed E-state index contributed by atoms with van der Waals surface area (Å²) in [6, 6.07) is 0.830. The minimum atomic E-state index is 0.0344. The summed E-state index contributed by atoms with van der Waals surface area (Å²) in [5.41, 5.74) is 0.0344. The van der Waals surface area contributed by atoms with Gasteiger partial charge < -0.3 is 10.1 Å². The van der Waals surface area contributed by atoms with Gasteiger partial charge in [-0.3, -0.25) is 0 Å². The van der Waals surface area contributed by atoms with E-state index in [1.54, 1.807) is 0 Å². The zero-order valence-electron chi connectivity index (χ0n) is 11.7. The Morgan fingerprint density at radius 2 is 1.94 bits per heavy atom. The topological polar surface area (TPSA) is 21.3 Å². The van der Waals surface area contributed by atoms with Crippen molar-refractivity contribution in [3.63, 3.8) is 0 Å². The molecule has 0 radical (unpaired) electrons. The SMILES string of the molecule is COC(C)(C)CCC(CNC1CC1)C(C)C. The highest BCUT2D eigenvalue weighted by molar-refractivity contribution is 4.83. The van der Waals surface area contributed by atoms with Gasteiger partial charge in [0.25, 0.3) is 0 Å². The Balaban J connectivity index is 2.26. The van der Waals surface area contributed by atoms with Crippen LogP contribution in [0, 0.1) is 11.8 Å². The van der Waals surface area contributed by atoms with E-state index in [0.717, 1.165) is 24.3 Å². The maximum Gasteiger partial charge on any atom is 0.0622 e. The van der Waals surface area contributed by atoms with Crippen LogP contribution in [0.5, 0.6) is 0 Å². The number of nitrogens with one attached hydrogen (secondary N) is 1. The quantitative estimate of drug-likeness (QED) is 0.687. The standard InChI is InChI=1S/C14H29NO/c1-11(2)12(10-15-13-6-7-13)8-9-14(3,4)16-5/h11-13,15H,6-10H2,1-5H3. The predicted octanol–water partition coefficient (Wildman–Crippen LogP) is 3.22. The van der Waals surface area contributed by atoms with E-state index in [4.69, 9.17) is 4.74 Å². The number of ether oxygens (including phenoxy) is 1. The third-order valence-electron chi connectivity index (χ3n) is 3.86. The summed E-state index contributed by atoms with van der Waals surface area (Å²) in [5.74, 6) is 1.55. The van der Waals surface area contributed by atoms with Crippen molar-refractivity contribution in [1.29, 1.82) is 0 Å². The third kappa shape index (κ3) is 5.31. The second kappa shape index (κ2) is 6.02. The highest BCUT2D eigenvalue weighted by Gasteiger charge is 2.24. The van der Waals surface area contributed by atoms with Gasteiger partial charge in [-0.25, -0.2) is 0 Å². The van der Waals surface area contributed by atoms with E-state index in [9.17, 15) is 0 Å². The second-order valence-corrected chi connectivity index (χ2v) is 6.19. The van der Waals surface area contributed by atoms with E-state index in [1.807, 2.05) is 7.11 Å². The molecule has 16 heavy (non-hydrogen) atoms. The van der Waals surface area contributed by atoms with E-state index in [0.29, 0.717) is 0 Å². The van der Waals surface area contributed by atoms with Crippen LogP contribution >= 0.6 is 0 Å². The van der Waals surface area contributed by atoms with Crippen molar-refractivity contribution in [3.05, 3.63) is 0 Å². The van der Waals surface area contributed by atoms with Crippen LogP contribution in [0.1, 0.15) is 53.4 Å². The smallest absolute Gasteiger partial charge is 0.0622 e. The van der Waals surface area contributed by atoms with E-state index in [2.05, 4.69) is 33.0 Å². The fourth-order valence-electron chi connectivity index (χ4n) is 1.91. The molecule has 2 nitrogen and oxygen atoms in total. The molecule has 0 spiro atoms. The molecule has 0 aromatic carbocycles. The van der Waals surface area contributed by atoms with Gasteiger partial charge in [0.15, 0.2) is 0 Å². The van der Waals surface area contributed by atoms with Gasteiger partial charge in [0.05, 0.1) is 5.60 Å². The molecule has 1 atom stereocenters. The van der Waals surface area contributed by atoms with Crippen molar-refractivity contribution in [3.8, 4) is 0 Å². The lowest BCUT2D eigenvalue weighted by atomic mass is 9.87. The number of rotatable bonds is 8. The van der Waals surface area contributed by atoms with Crippen molar-refractivity contribution in [2.75, 3.05) is 13.7 Å². The summed E-state index contributed by atoms with van der Waals surface area (Å²) in [6.45, 7) is 10.2. The van der Waals surface area contributed by atoms with Gasteiger partial charge in [0.2, 0.25) is 0 Å². The lowest BCUT2D eigenvalue weighted by molar-refractivity contribution is 0.00879. The number of hydrogen-bond acceptors (Lipinski definition) is 2. The van der Waals surface area contributed by atoms with Gasteiger partial charge in [-0.2, -0.15) is 0 Å². The molecule has 0 bridgehead atoms. The fraction of sp³-hybridized carbons (Fsp3) is 1.00. The van der Waals surface area contributed by atoms with Crippen molar-refractivity contribution in [2.45, 2.75) is 65.0 Å². The highest BCUT2D eigenvalue weighted by atomic mass is 16.5. The molecule has 1 aliphatic rings. The maximum absolute atomic E-state index is 5.49. The molecule has 1 aliphatic carbocycles. The molecular formula is C14H29NO. The molecule has 0 aliphatic heterocycles. The first-order chi connectivity index (χ1) is 7.44. The molecule has 0 aromatic rings. The zero-order valence-corrected chi connectivity index (χ0v) is 11.7. The Kier molecular flexibility index (Phi) is 5.26. The van der Waals surface area contributed by atoms with Crippen LogP contribution in [0.15, 0.2) is 0 Å².